The molecule has 25 heavy (non-hydrogen) atoms. The summed E-state index contributed by atoms with van der Waals surface area (Å²) in [5.74, 6) is 1.14. The van der Waals surface area contributed by atoms with Crippen molar-refractivity contribution in [2.45, 2.75) is 25.7 Å². The average molecular weight is 335 g/mol. The van der Waals surface area contributed by atoms with Gasteiger partial charge in [-0.05, 0) is 68.6 Å². The fourth-order valence-corrected chi connectivity index (χ4v) is 3.37. The average Bonchev–Trinajstić information content (AvgIpc) is 2.91. The normalized spacial score (nSPS) is 18.2. The van der Waals surface area contributed by atoms with Gasteiger partial charge < -0.3 is 9.73 Å². The lowest BCUT2D eigenvalue weighted by Gasteiger charge is -2.12. The number of carbonyl (C=O) groups excluding carboxylic acids is 1. The maximum Gasteiger partial charge on any atom is 0.246 e. The van der Waals surface area contributed by atoms with Crippen molar-refractivity contribution in [3.05, 3.63) is 48.2 Å². The van der Waals surface area contributed by atoms with Crippen LogP contribution < -0.4 is 5.32 Å². The third-order valence-electron chi connectivity index (χ3n) is 4.76. The van der Waals surface area contributed by atoms with E-state index in [0.717, 1.165) is 37.9 Å². The molecule has 0 bridgehead atoms. The van der Waals surface area contributed by atoms with E-state index in [1.54, 1.807) is 6.20 Å². The van der Waals surface area contributed by atoms with Gasteiger partial charge in [-0.15, -0.1) is 0 Å². The molecule has 4 rings (SSSR count). The molecule has 1 atom stereocenters. The molecule has 3 aromatic rings. The van der Waals surface area contributed by atoms with Gasteiger partial charge >= 0.3 is 0 Å². The Morgan fingerprint density at radius 2 is 2.16 bits per heavy atom. The molecular weight excluding hydrogens is 314 g/mol. The maximum atomic E-state index is 12.7. The Bertz CT molecular complexity index is 865. The van der Waals surface area contributed by atoms with Crippen molar-refractivity contribution in [3.8, 4) is 11.6 Å². The Balaban J connectivity index is 1.55. The number of benzene rings is 1. The molecule has 5 nitrogen and oxygen atoms in total. The molecule has 1 fully saturated rings. The van der Waals surface area contributed by atoms with E-state index in [0.29, 0.717) is 35.1 Å². The summed E-state index contributed by atoms with van der Waals surface area (Å²) in [6.07, 6.45) is 5.65. The van der Waals surface area contributed by atoms with Crippen LogP contribution in [0.5, 0.6) is 0 Å². The van der Waals surface area contributed by atoms with Crippen LogP contribution in [-0.4, -0.2) is 28.8 Å². The molecule has 2 aromatic heterocycles. The molecule has 1 aliphatic heterocycles. The van der Waals surface area contributed by atoms with Gasteiger partial charge in [-0.1, -0.05) is 6.07 Å². The van der Waals surface area contributed by atoms with Crippen molar-refractivity contribution in [1.29, 1.82) is 0 Å². The standard InChI is InChI=1S/C20H21N3O2/c24-18(12-14-4-3-9-21-11-8-14)15-6-7-16-19(13-15)25-20(23-16)17-5-1-2-10-22-17/h1-2,5-7,10,13-14,21H,3-4,8-9,11-12H2. The Morgan fingerprint density at radius 3 is 3.04 bits per heavy atom. The van der Waals surface area contributed by atoms with E-state index >= 15 is 0 Å². The molecule has 1 unspecified atom stereocenters. The fourth-order valence-electron chi connectivity index (χ4n) is 3.37. The van der Waals surface area contributed by atoms with Crippen LogP contribution in [-0.2, 0) is 0 Å². The second kappa shape index (κ2) is 7.15. The number of hydrogen-bond acceptors (Lipinski definition) is 5. The highest BCUT2D eigenvalue weighted by molar-refractivity contribution is 5.98. The Morgan fingerprint density at radius 1 is 1.20 bits per heavy atom. The van der Waals surface area contributed by atoms with E-state index in [1.807, 2.05) is 36.4 Å². The predicted molar refractivity (Wildman–Crippen MR) is 96.4 cm³/mol. The van der Waals surface area contributed by atoms with Crippen molar-refractivity contribution in [2.75, 3.05) is 13.1 Å². The minimum Gasteiger partial charge on any atom is -0.435 e. The highest BCUT2D eigenvalue weighted by Gasteiger charge is 2.18. The number of hydrogen-bond donors (Lipinski definition) is 1. The van der Waals surface area contributed by atoms with Crippen LogP contribution in [0.25, 0.3) is 22.7 Å². The van der Waals surface area contributed by atoms with Gasteiger partial charge in [0.2, 0.25) is 5.89 Å². The number of pyridine rings is 1. The van der Waals surface area contributed by atoms with E-state index in [2.05, 4.69) is 15.3 Å². The second-order valence-corrected chi connectivity index (χ2v) is 6.59. The first-order valence-electron chi connectivity index (χ1n) is 8.85. The summed E-state index contributed by atoms with van der Waals surface area (Å²) in [6.45, 7) is 2.07. The van der Waals surface area contributed by atoms with Crippen LogP contribution in [0.2, 0.25) is 0 Å². The minimum absolute atomic E-state index is 0.185. The molecule has 128 valence electrons. The third kappa shape index (κ3) is 3.61. The topological polar surface area (TPSA) is 68.0 Å². The van der Waals surface area contributed by atoms with Gasteiger partial charge in [0.25, 0.3) is 0 Å². The van der Waals surface area contributed by atoms with Gasteiger partial charge in [-0.2, -0.15) is 0 Å². The van der Waals surface area contributed by atoms with E-state index in [4.69, 9.17) is 4.42 Å². The molecule has 5 heteroatoms. The molecule has 0 saturated carbocycles. The Kier molecular flexibility index (Phi) is 4.57. The lowest BCUT2D eigenvalue weighted by atomic mass is 9.92. The van der Waals surface area contributed by atoms with Crippen molar-refractivity contribution >= 4 is 16.9 Å². The Hall–Kier alpha value is -2.53. The zero-order valence-electron chi connectivity index (χ0n) is 14.1. The van der Waals surface area contributed by atoms with Crippen LogP contribution in [0.1, 0.15) is 36.0 Å². The number of fused-ring (bicyclic) bond motifs is 1. The number of nitrogens with one attached hydrogen (secondary N) is 1. The summed E-state index contributed by atoms with van der Waals surface area (Å²) in [6, 6.07) is 11.1. The summed E-state index contributed by atoms with van der Waals surface area (Å²) in [5, 5.41) is 3.39. The molecule has 0 aliphatic carbocycles. The van der Waals surface area contributed by atoms with Crippen LogP contribution in [0.4, 0.5) is 0 Å². The smallest absolute Gasteiger partial charge is 0.246 e. The van der Waals surface area contributed by atoms with E-state index in [1.165, 1.54) is 0 Å². The summed E-state index contributed by atoms with van der Waals surface area (Å²) in [4.78, 5) is 21.4. The second-order valence-electron chi connectivity index (χ2n) is 6.59. The quantitative estimate of drug-likeness (QED) is 0.734. The molecule has 0 spiro atoms. The summed E-state index contributed by atoms with van der Waals surface area (Å²) >= 11 is 0. The van der Waals surface area contributed by atoms with Gasteiger partial charge in [-0.25, -0.2) is 4.98 Å². The molecular formula is C20H21N3O2. The summed E-state index contributed by atoms with van der Waals surface area (Å²) in [5.41, 5.74) is 2.77. The Labute approximate surface area is 146 Å². The molecule has 1 aromatic carbocycles. The van der Waals surface area contributed by atoms with Crippen molar-refractivity contribution in [2.24, 2.45) is 5.92 Å². The molecule has 0 amide bonds. The highest BCUT2D eigenvalue weighted by atomic mass is 16.3. The van der Waals surface area contributed by atoms with E-state index < -0.39 is 0 Å². The lowest BCUT2D eigenvalue weighted by Crippen LogP contribution is -2.15. The van der Waals surface area contributed by atoms with Gasteiger partial charge in [0.05, 0.1) is 0 Å². The van der Waals surface area contributed by atoms with Crippen LogP contribution in [0, 0.1) is 5.92 Å². The largest absolute Gasteiger partial charge is 0.435 e. The minimum atomic E-state index is 0.185. The van der Waals surface area contributed by atoms with Crippen molar-refractivity contribution in [1.82, 2.24) is 15.3 Å². The zero-order valence-corrected chi connectivity index (χ0v) is 14.1. The summed E-state index contributed by atoms with van der Waals surface area (Å²) in [7, 11) is 0. The van der Waals surface area contributed by atoms with Crippen molar-refractivity contribution in [3.63, 3.8) is 0 Å². The molecule has 3 heterocycles. The summed E-state index contributed by atoms with van der Waals surface area (Å²) < 4.78 is 5.82. The first kappa shape index (κ1) is 16.0. The van der Waals surface area contributed by atoms with Gasteiger partial charge in [0.15, 0.2) is 11.4 Å². The number of oxazole rings is 1. The van der Waals surface area contributed by atoms with Gasteiger partial charge in [-0.3, -0.25) is 9.78 Å². The van der Waals surface area contributed by atoms with E-state index in [9.17, 15) is 4.79 Å². The van der Waals surface area contributed by atoms with Crippen LogP contribution >= 0.6 is 0 Å². The lowest BCUT2D eigenvalue weighted by molar-refractivity contribution is 0.0958. The number of rotatable bonds is 4. The SMILES string of the molecule is O=C(CC1CCCNCC1)c1ccc2nc(-c3ccccn3)oc2c1. The number of carbonyl (C=O) groups is 1. The zero-order chi connectivity index (χ0) is 17.1. The first-order chi connectivity index (χ1) is 12.3. The maximum absolute atomic E-state index is 12.7. The van der Waals surface area contributed by atoms with Gasteiger partial charge in [0, 0.05) is 18.2 Å². The van der Waals surface area contributed by atoms with Crippen molar-refractivity contribution < 1.29 is 9.21 Å². The first-order valence-corrected chi connectivity index (χ1v) is 8.85. The molecule has 1 saturated heterocycles. The number of ketones is 1. The third-order valence-corrected chi connectivity index (χ3v) is 4.76. The molecule has 1 N–H and O–H groups in total. The van der Waals surface area contributed by atoms with Crippen LogP contribution in [0.15, 0.2) is 47.0 Å². The predicted octanol–water partition coefficient (Wildman–Crippen LogP) is 3.85. The van der Waals surface area contributed by atoms with Crippen LogP contribution in [0.3, 0.4) is 0 Å². The number of nitrogens with zero attached hydrogens (tertiary/aromatic N) is 2. The number of Topliss-reactive ketones (excluding diaryl/α,β-unsaturated/α-hetero) is 1. The fraction of sp³-hybridized carbons (Fsp3) is 0.350. The number of aromatic nitrogens is 2. The highest BCUT2D eigenvalue weighted by Crippen LogP contribution is 2.25. The monoisotopic (exact) mass is 335 g/mol. The van der Waals surface area contributed by atoms with E-state index in [-0.39, 0.29) is 5.78 Å². The molecule has 1 aliphatic rings. The van der Waals surface area contributed by atoms with Gasteiger partial charge in [0.1, 0.15) is 11.2 Å². The molecule has 0 radical (unpaired) electrons.